The SMILES string of the molecule is CNS(=O)(=O)c1ccc(C(=O)OCC(=O)N2c3ccccc3CCC2C)cc1. The lowest BCUT2D eigenvalue weighted by atomic mass is 9.96. The van der Waals surface area contributed by atoms with Crippen LogP contribution in [-0.2, 0) is 26.0 Å². The van der Waals surface area contributed by atoms with Crippen molar-refractivity contribution >= 4 is 27.6 Å². The molecule has 1 N–H and O–H groups in total. The zero-order valence-corrected chi connectivity index (χ0v) is 16.5. The number of rotatable bonds is 5. The molecule has 2 aromatic carbocycles. The van der Waals surface area contributed by atoms with Crippen LogP contribution in [0.5, 0.6) is 0 Å². The summed E-state index contributed by atoms with van der Waals surface area (Å²) in [5.74, 6) is -0.970. The van der Waals surface area contributed by atoms with Crippen LogP contribution in [0.1, 0.15) is 29.3 Å². The van der Waals surface area contributed by atoms with Gasteiger partial charge in [-0.2, -0.15) is 0 Å². The number of para-hydroxylation sites is 1. The quantitative estimate of drug-likeness (QED) is 0.774. The van der Waals surface area contributed by atoms with Crippen molar-refractivity contribution < 1.29 is 22.7 Å². The first kappa shape index (κ1) is 20.0. The van der Waals surface area contributed by atoms with Gasteiger partial charge in [-0.3, -0.25) is 4.79 Å². The second-order valence-corrected chi connectivity index (χ2v) is 8.47. The minimum atomic E-state index is -3.58. The number of aryl methyl sites for hydroxylation is 1. The molecule has 8 heteroatoms. The summed E-state index contributed by atoms with van der Waals surface area (Å²) in [4.78, 5) is 26.6. The molecule has 0 radical (unpaired) electrons. The second-order valence-electron chi connectivity index (χ2n) is 6.59. The van der Waals surface area contributed by atoms with Crippen molar-refractivity contribution in [3.8, 4) is 0 Å². The van der Waals surface area contributed by atoms with Crippen molar-refractivity contribution in [1.29, 1.82) is 0 Å². The minimum absolute atomic E-state index is 0.0205. The van der Waals surface area contributed by atoms with Crippen molar-refractivity contribution in [3.63, 3.8) is 0 Å². The van der Waals surface area contributed by atoms with Gasteiger partial charge in [-0.1, -0.05) is 18.2 Å². The first-order valence-electron chi connectivity index (χ1n) is 8.94. The summed E-state index contributed by atoms with van der Waals surface area (Å²) in [6, 6.07) is 13.1. The smallest absolute Gasteiger partial charge is 0.338 e. The van der Waals surface area contributed by atoms with Gasteiger partial charge in [-0.15, -0.1) is 0 Å². The van der Waals surface area contributed by atoms with Gasteiger partial charge in [0.1, 0.15) is 0 Å². The fraction of sp³-hybridized carbons (Fsp3) is 0.300. The van der Waals surface area contributed by atoms with E-state index in [9.17, 15) is 18.0 Å². The average molecular weight is 402 g/mol. The van der Waals surface area contributed by atoms with Crippen molar-refractivity contribution in [2.24, 2.45) is 0 Å². The summed E-state index contributed by atoms with van der Waals surface area (Å²) in [6.45, 7) is 1.59. The number of sulfonamides is 1. The van der Waals surface area contributed by atoms with Crippen molar-refractivity contribution in [2.75, 3.05) is 18.6 Å². The monoisotopic (exact) mass is 402 g/mol. The Labute approximate surface area is 164 Å². The molecule has 0 fully saturated rings. The number of hydrogen-bond acceptors (Lipinski definition) is 5. The zero-order chi connectivity index (χ0) is 20.3. The molecule has 7 nitrogen and oxygen atoms in total. The van der Waals surface area contributed by atoms with Crippen molar-refractivity contribution in [1.82, 2.24) is 4.72 Å². The van der Waals surface area contributed by atoms with Crippen molar-refractivity contribution in [3.05, 3.63) is 59.7 Å². The lowest BCUT2D eigenvalue weighted by Gasteiger charge is -2.35. The third-order valence-corrected chi connectivity index (χ3v) is 6.22. The molecule has 1 aliphatic rings. The Bertz CT molecular complexity index is 986. The molecule has 1 heterocycles. The molecular weight excluding hydrogens is 380 g/mol. The molecular formula is C20H22N2O5S. The van der Waals surface area contributed by atoms with Gasteiger partial charge in [-0.25, -0.2) is 17.9 Å². The first-order valence-corrected chi connectivity index (χ1v) is 10.4. The summed E-state index contributed by atoms with van der Waals surface area (Å²) in [5.41, 5.74) is 2.13. The molecule has 0 bridgehead atoms. The van der Waals surface area contributed by atoms with Gasteiger partial charge in [0.25, 0.3) is 5.91 Å². The van der Waals surface area contributed by atoms with Crippen LogP contribution in [0.15, 0.2) is 53.4 Å². The van der Waals surface area contributed by atoms with Gasteiger partial charge >= 0.3 is 5.97 Å². The fourth-order valence-corrected chi connectivity index (χ4v) is 3.97. The minimum Gasteiger partial charge on any atom is -0.452 e. The number of carbonyl (C=O) groups excluding carboxylic acids is 2. The molecule has 0 saturated heterocycles. The number of esters is 1. The van der Waals surface area contributed by atoms with E-state index in [2.05, 4.69) is 4.72 Å². The molecule has 0 aliphatic carbocycles. The number of hydrogen-bond donors (Lipinski definition) is 1. The number of nitrogens with one attached hydrogen (secondary N) is 1. The molecule has 0 saturated carbocycles. The number of carbonyl (C=O) groups is 2. The summed E-state index contributed by atoms with van der Waals surface area (Å²) >= 11 is 0. The maximum absolute atomic E-state index is 12.7. The highest BCUT2D eigenvalue weighted by molar-refractivity contribution is 7.89. The molecule has 1 amide bonds. The molecule has 28 heavy (non-hydrogen) atoms. The van der Waals surface area contributed by atoms with E-state index in [1.54, 1.807) is 4.90 Å². The first-order chi connectivity index (χ1) is 13.3. The molecule has 148 valence electrons. The highest BCUT2D eigenvalue weighted by atomic mass is 32.2. The largest absolute Gasteiger partial charge is 0.452 e. The van der Waals surface area contributed by atoms with Gasteiger partial charge < -0.3 is 9.64 Å². The molecule has 0 aromatic heterocycles. The zero-order valence-electron chi connectivity index (χ0n) is 15.7. The van der Waals surface area contributed by atoms with E-state index < -0.39 is 16.0 Å². The van der Waals surface area contributed by atoms with Crippen molar-refractivity contribution in [2.45, 2.75) is 30.7 Å². The molecule has 0 spiro atoms. The Morgan fingerprint density at radius 1 is 1.14 bits per heavy atom. The lowest BCUT2D eigenvalue weighted by Crippen LogP contribution is -2.44. The number of nitrogens with zero attached hydrogens (tertiary/aromatic N) is 1. The topological polar surface area (TPSA) is 92.8 Å². The van der Waals surface area contributed by atoms with Gasteiger partial charge in [0.05, 0.1) is 10.5 Å². The fourth-order valence-electron chi connectivity index (χ4n) is 3.24. The van der Waals surface area contributed by atoms with Gasteiger partial charge in [0.15, 0.2) is 6.61 Å². The van der Waals surface area contributed by atoms with Gasteiger partial charge in [-0.05, 0) is 62.7 Å². The molecule has 3 rings (SSSR count). The predicted molar refractivity (Wildman–Crippen MR) is 105 cm³/mol. The summed E-state index contributed by atoms with van der Waals surface area (Å²) < 4.78 is 30.8. The Kier molecular flexibility index (Phi) is 5.81. The number of ether oxygens (including phenoxy) is 1. The van der Waals surface area contributed by atoms with Gasteiger partial charge in [0.2, 0.25) is 10.0 Å². The van der Waals surface area contributed by atoms with E-state index in [4.69, 9.17) is 4.74 Å². The van der Waals surface area contributed by atoms with E-state index in [0.29, 0.717) is 0 Å². The third-order valence-electron chi connectivity index (χ3n) is 4.79. The van der Waals surface area contributed by atoms with Crippen LogP contribution in [0, 0.1) is 0 Å². The van der Waals surface area contributed by atoms with Crippen LogP contribution < -0.4 is 9.62 Å². The maximum atomic E-state index is 12.7. The van der Waals surface area contributed by atoms with Crippen LogP contribution in [0.3, 0.4) is 0 Å². The molecule has 2 aromatic rings. The Balaban J connectivity index is 1.67. The van der Waals surface area contributed by atoms with Crippen LogP contribution in [0.4, 0.5) is 5.69 Å². The van der Waals surface area contributed by atoms with Crippen LogP contribution >= 0.6 is 0 Å². The highest BCUT2D eigenvalue weighted by Crippen LogP contribution is 2.30. The van der Waals surface area contributed by atoms with E-state index in [0.717, 1.165) is 24.1 Å². The van der Waals surface area contributed by atoms with E-state index >= 15 is 0 Å². The normalized spacial score (nSPS) is 16.4. The summed E-state index contributed by atoms with van der Waals surface area (Å²) in [5, 5.41) is 0. The summed E-state index contributed by atoms with van der Waals surface area (Å²) in [6.07, 6.45) is 1.75. The number of fused-ring (bicyclic) bond motifs is 1. The predicted octanol–water partition coefficient (Wildman–Crippen LogP) is 2.12. The molecule has 1 aliphatic heterocycles. The Morgan fingerprint density at radius 2 is 1.82 bits per heavy atom. The van der Waals surface area contributed by atoms with E-state index in [-0.39, 0.29) is 29.0 Å². The van der Waals surface area contributed by atoms with Gasteiger partial charge in [0, 0.05) is 11.7 Å². The summed E-state index contributed by atoms with van der Waals surface area (Å²) in [7, 11) is -2.27. The average Bonchev–Trinajstić information content (AvgIpc) is 2.71. The third kappa shape index (κ3) is 4.07. The van der Waals surface area contributed by atoms with E-state index in [1.807, 2.05) is 31.2 Å². The lowest BCUT2D eigenvalue weighted by molar-refractivity contribution is -0.122. The Morgan fingerprint density at radius 3 is 2.50 bits per heavy atom. The van der Waals surface area contributed by atoms with Crippen LogP contribution in [0.25, 0.3) is 0 Å². The van der Waals surface area contributed by atoms with Crippen LogP contribution in [0.2, 0.25) is 0 Å². The number of anilines is 1. The van der Waals surface area contributed by atoms with E-state index in [1.165, 1.54) is 31.3 Å². The second kappa shape index (κ2) is 8.12. The molecule has 1 atom stereocenters. The maximum Gasteiger partial charge on any atom is 0.338 e. The highest BCUT2D eigenvalue weighted by Gasteiger charge is 2.28. The van der Waals surface area contributed by atoms with Crippen LogP contribution in [-0.4, -0.2) is 40.0 Å². The number of benzene rings is 2. The standard InChI is InChI=1S/C20H22N2O5S/c1-14-7-8-15-5-3-4-6-18(15)22(14)19(23)13-27-20(24)16-9-11-17(12-10-16)28(25,26)21-2/h3-6,9-12,14,21H,7-8,13H2,1-2H3. The number of amides is 1. The Hall–Kier alpha value is -2.71. The molecule has 1 unspecified atom stereocenters.